The van der Waals surface area contributed by atoms with Crippen LogP contribution in [-0.4, -0.2) is 10.9 Å². The Morgan fingerprint density at radius 3 is 2.92 bits per heavy atom. The minimum atomic E-state index is -0.191. The summed E-state index contributed by atoms with van der Waals surface area (Å²) in [6, 6.07) is 3.13. The normalized spacial score (nSPS) is 8.69. The van der Waals surface area contributed by atoms with Crippen molar-refractivity contribution in [2.24, 2.45) is 5.11 Å². The van der Waals surface area contributed by atoms with Crippen molar-refractivity contribution in [1.82, 2.24) is 4.98 Å². The van der Waals surface area contributed by atoms with Crippen LogP contribution >= 0.6 is 0 Å². The zero-order valence-corrected chi connectivity index (χ0v) is 6.93. The Hall–Kier alpha value is -2.07. The highest BCUT2D eigenvalue weighted by molar-refractivity contribution is 5.87. The molecule has 1 aromatic rings. The van der Waals surface area contributed by atoms with Gasteiger partial charge in [0.2, 0.25) is 5.91 Å². The molecule has 0 atom stereocenters. The van der Waals surface area contributed by atoms with E-state index in [1.807, 2.05) is 0 Å². The lowest BCUT2D eigenvalue weighted by atomic mass is 10.4. The van der Waals surface area contributed by atoms with Gasteiger partial charge in [0.1, 0.15) is 5.82 Å². The Balaban J connectivity index is 2.80. The lowest BCUT2D eigenvalue weighted by Crippen LogP contribution is -2.06. The molecule has 0 aliphatic rings. The summed E-state index contributed by atoms with van der Waals surface area (Å²) in [6.45, 7) is 1.39. The number of aromatic nitrogens is 1. The van der Waals surface area contributed by atoms with Gasteiger partial charge in [-0.05, 0) is 17.7 Å². The zero-order chi connectivity index (χ0) is 9.68. The van der Waals surface area contributed by atoms with Gasteiger partial charge in [0.15, 0.2) is 0 Å². The first-order chi connectivity index (χ1) is 6.22. The van der Waals surface area contributed by atoms with Crippen LogP contribution in [0.3, 0.4) is 0 Å². The largest absolute Gasteiger partial charge is 0.311 e. The summed E-state index contributed by atoms with van der Waals surface area (Å²) >= 11 is 0. The molecule has 6 nitrogen and oxygen atoms in total. The molecule has 0 spiro atoms. The van der Waals surface area contributed by atoms with Crippen molar-refractivity contribution in [3.8, 4) is 0 Å². The average Bonchev–Trinajstić information content (AvgIpc) is 2.08. The van der Waals surface area contributed by atoms with Crippen LogP contribution in [0.15, 0.2) is 23.4 Å². The first-order valence-corrected chi connectivity index (χ1v) is 3.51. The molecule has 0 saturated carbocycles. The van der Waals surface area contributed by atoms with Crippen molar-refractivity contribution >= 4 is 17.4 Å². The number of rotatable bonds is 2. The van der Waals surface area contributed by atoms with Gasteiger partial charge in [-0.1, -0.05) is 5.11 Å². The van der Waals surface area contributed by atoms with E-state index in [-0.39, 0.29) is 5.91 Å². The van der Waals surface area contributed by atoms with Crippen molar-refractivity contribution in [2.45, 2.75) is 6.92 Å². The number of nitrogens with zero attached hydrogens (tertiary/aromatic N) is 4. The number of hydrogen-bond donors (Lipinski definition) is 1. The third-order valence-electron chi connectivity index (χ3n) is 1.21. The van der Waals surface area contributed by atoms with Crippen LogP contribution < -0.4 is 5.32 Å². The SMILES string of the molecule is CC(=O)Nc1ccc(N=[N+]=[N-])cn1. The van der Waals surface area contributed by atoms with E-state index in [2.05, 4.69) is 20.3 Å². The fourth-order valence-electron chi connectivity index (χ4n) is 0.751. The molecule has 0 aliphatic carbocycles. The van der Waals surface area contributed by atoms with Crippen molar-refractivity contribution in [2.75, 3.05) is 5.32 Å². The number of azide groups is 1. The maximum absolute atomic E-state index is 10.6. The number of pyridine rings is 1. The molecule has 0 radical (unpaired) electrons. The molecule has 0 saturated heterocycles. The van der Waals surface area contributed by atoms with Crippen molar-refractivity contribution in [3.63, 3.8) is 0 Å². The third-order valence-corrected chi connectivity index (χ3v) is 1.21. The van der Waals surface area contributed by atoms with E-state index in [4.69, 9.17) is 5.53 Å². The Kier molecular flexibility index (Phi) is 2.83. The summed E-state index contributed by atoms with van der Waals surface area (Å²) in [7, 11) is 0. The number of carbonyl (C=O) groups is 1. The maximum atomic E-state index is 10.6. The van der Waals surface area contributed by atoms with Gasteiger partial charge in [0, 0.05) is 18.0 Å². The number of nitrogens with one attached hydrogen (secondary N) is 1. The van der Waals surface area contributed by atoms with Gasteiger partial charge in [0.05, 0.1) is 5.69 Å². The molecule has 1 amide bonds. The molecule has 0 aliphatic heterocycles. The minimum absolute atomic E-state index is 0.191. The Morgan fingerprint density at radius 1 is 1.69 bits per heavy atom. The van der Waals surface area contributed by atoms with Crippen molar-refractivity contribution in [1.29, 1.82) is 0 Å². The van der Waals surface area contributed by atoms with E-state index in [1.54, 1.807) is 12.1 Å². The summed E-state index contributed by atoms with van der Waals surface area (Å²) in [5.74, 6) is 0.244. The molecule has 0 bridgehead atoms. The van der Waals surface area contributed by atoms with Crippen LogP contribution in [0.25, 0.3) is 10.4 Å². The molecule has 6 heteroatoms. The molecule has 0 fully saturated rings. The smallest absolute Gasteiger partial charge is 0.222 e. The van der Waals surface area contributed by atoms with Crippen LogP contribution in [0.4, 0.5) is 11.5 Å². The van der Waals surface area contributed by atoms with E-state index in [1.165, 1.54) is 13.1 Å². The van der Waals surface area contributed by atoms with Crippen LogP contribution in [0.5, 0.6) is 0 Å². The monoisotopic (exact) mass is 177 g/mol. The molecule has 13 heavy (non-hydrogen) atoms. The third kappa shape index (κ3) is 2.80. The zero-order valence-electron chi connectivity index (χ0n) is 6.93. The first-order valence-electron chi connectivity index (χ1n) is 3.51. The van der Waals surface area contributed by atoms with Gasteiger partial charge in [-0.15, -0.1) is 0 Å². The quantitative estimate of drug-likeness (QED) is 0.425. The fraction of sp³-hybridized carbons (Fsp3) is 0.143. The summed E-state index contributed by atoms with van der Waals surface area (Å²) in [6.07, 6.45) is 1.38. The van der Waals surface area contributed by atoms with E-state index in [0.29, 0.717) is 11.5 Å². The average molecular weight is 177 g/mol. The molecule has 0 unspecified atom stereocenters. The molecule has 66 valence electrons. The lowest BCUT2D eigenvalue weighted by Gasteiger charge is -1.99. The molecule has 1 N–H and O–H groups in total. The van der Waals surface area contributed by atoms with E-state index >= 15 is 0 Å². The van der Waals surface area contributed by atoms with Crippen molar-refractivity contribution < 1.29 is 4.79 Å². The highest BCUT2D eigenvalue weighted by Gasteiger charge is 1.95. The second-order valence-electron chi connectivity index (χ2n) is 2.27. The molecule has 1 aromatic heterocycles. The van der Waals surface area contributed by atoms with Gasteiger partial charge in [-0.2, -0.15) is 0 Å². The second-order valence-corrected chi connectivity index (χ2v) is 2.27. The van der Waals surface area contributed by atoms with Crippen LogP contribution in [0.2, 0.25) is 0 Å². The second kappa shape index (κ2) is 4.08. The number of amides is 1. The molecule has 0 aromatic carbocycles. The lowest BCUT2D eigenvalue weighted by molar-refractivity contribution is -0.114. The van der Waals surface area contributed by atoms with E-state index in [9.17, 15) is 4.79 Å². The summed E-state index contributed by atoms with van der Waals surface area (Å²) < 4.78 is 0. The first kappa shape index (κ1) is 9.02. The summed E-state index contributed by atoms with van der Waals surface area (Å²) in [5.41, 5.74) is 8.51. The van der Waals surface area contributed by atoms with Crippen molar-refractivity contribution in [3.05, 3.63) is 28.8 Å². The van der Waals surface area contributed by atoms with Gasteiger partial charge in [-0.3, -0.25) is 4.79 Å². The summed E-state index contributed by atoms with van der Waals surface area (Å²) in [4.78, 5) is 17.0. The highest BCUT2D eigenvalue weighted by Crippen LogP contribution is 2.12. The van der Waals surface area contributed by atoms with Gasteiger partial charge in [-0.25, -0.2) is 4.98 Å². The standard InChI is InChI=1S/C7H7N5O/c1-5(13)10-7-3-2-6(4-9-7)11-12-8/h2-4H,1H3,(H,9,10,13). The Bertz CT molecular complexity index is 352. The topological polar surface area (TPSA) is 90.8 Å². The van der Waals surface area contributed by atoms with Crippen LogP contribution in [0.1, 0.15) is 6.92 Å². The van der Waals surface area contributed by atoms with E-state index in [0.717, 1.165) is 0 Å². The summed E-state index contributed by atoms with van der Waals surface area (Å²) in [5, 5.41) is 5.82. The van der Waals surface area contributed by atoms with Gasteiger partial charge >= 0.3 is 0 Å². The molecule has 1 rings (SSSR count). The van der Waals surface area contributed by atoms with Crippen LogP contribution in [0, 0.1) is 0 Å². The van der Waals surface area contributed by atoms with E-state index < -0.39 is 0 Å². The Labute approximate surface area is 74.2 Å². The molecule has 1 heterocycles. The van der Waals surface area contributed by atoms with Crippen LogP contribution in [-0.2, 0) is 4.79 Å². The minimum Gasteiger partial charge on any atom is -0.311 e. The Morgan fingerprint density at radius 2 is 2.46 bits per heavy atom. The molecular weight excluding hydrogens is 170 g/mol. The number of hydrogen-bond acceptors (Lipinski definition) is 3. The fourth-order valence-corrected chi connectivity index (χ4v) is 0.751. The predicted octanol–water partition coefficient (Wildman–Crippen LogP) is 1.98. The molecular formula is C7H7N5O. The van der Waals surface area contributed by atoms with Gasteiger partial charge < -0.3 is 5.32 Å². The van der Waals surface area contributed by atoms with Gasteiger partial charge in [0.25, 0.3) is 0 Å². The predicted molar refractivity (Wildman–Crippen MR) is 47.3 cm³/mol. The number of anilines is 1. The number of carbonyl (C=O) groups excluding carboxylic acids is 1. The maximum Gasteiger partial charge on any atom is 0.222 e. The highest BCUT2D eigenvalue weighted by atomic mass is 16.1.